The zero-order chi connectivity index (χ0) is 11.5. The van der Waals surface area contributed by atoms with E-state index >= 15 is 0 Å². The molecule has 0 fully saturated rings. The number of carbonyl (C=O) groups excluding carboxylic acids is 2. The molecule has 2 nitrogen and oxygen atoms in total. The number of hydrogen-bond acceptors (Lipinski definition) is 2. The molecule has 0 radical (unpaired) electrons. The van der Waals surface area contributed by atoms with Crippen molar-refractivity contribution < 1.29 is 9.59 Å². The van der Waals surface area contributed by atoms with Gasteiger partial charge < -0.3 is 0 Å². The Hall–Kier alpha value is -2.22. The molecule has 0 amide bonds. The second kappa shape index (κ2) is 4.11. The second-order valence-electron chi connectivity index (χ2n) is 3.43. The van der Waals surface area contributed by atoms with E-state index in [9.17, 15) is 9.59 Å². The van der Waals surface area contributed by atoms with E-state index in [1.54, 1.807) is 18.2 Å². The summed E-state index contributed by atoms with van der Waals surface area (Å²) in [5.74, 6) is -0.494. The van der Waals surface area contributed by atoms with Crippen molar-refractivity contribution in [2.45, 2.75) is 0 Å². The summed E-state index contributed by atoms with van der Waals surface area (Å²) in [4.78, 5) is 22.0. The van der Waals surface area contributed by atoms with Crippen molar-refractivity contribution in [2.24, 2.45) is 0 Å². The van der Waals surface area contributed by atoms with Crippen molar-refractivity contribution in [3.05, 3.63) is 54.1 Å². The molecule has 0 unspecified atom stereocenters. The first-order chi connectivity index (χ1) is 7.77. The number of benzene rings is 2. The topological polar surface area (TPSA) is 34.1 Å². The molecule has 0 saturated carbocycles. The molecule has 0 aromatic heterocycles. The van der Waals surface area contributed by atoms with Crippen molar-refractivity contribution in [3.8, 4) is 0 Å². The molecule has 2 aromatic carbocycles. The van der Waals surface area contributed by atoms with Gasteiger partial charge in [-0.3, -0.25) is 9.59 Å². The van der Waals surface area contributed by atoms with Gasteiger partial charge in [-0.1, -0.05) is 49.1 Å². The van der Waals surface area contributed by atoms with Crippen LogP contribution in [-0.2, 0) is 4.79 Å². The van der Waals surface area contributed by atoms with E-state index in [-0.39, 0.29) is 0 Å². The molecular formula is C14H10O2. The zero-order valence-corrected chi connectivity index (χ0v) is 8.64. The lowest BCUT2D eigenvalue weighted by molar-refractivity contribution is -0.104. The molecule has 0 spiro atoms. The van der Waals surface area contributed by atoms with Crippen LogP contribution in [0.25, 0.3) is 16.8 Å². The number of rotatable bonds is 3. The van der Waals surface area contributed by atoms with Crippen LogP contribution in [0, 0.1) is 0 Å². The Morgan fingerprint density at radius 1 is 1.06 bits per heavy atom. The number of ketones is 1. The van der Waals surface area contributed by atoms with E-state index in [2.05, 4.69) is 6.58 Å². The van der Waals surface area contributed by atoms with Gasteiger partial charge in [0, 0.05) is 5.56 Å². The molecule has 0 bridgehead atoms. The largest absolute Gasteiger partial charge is 0.294 e. The fraction of sp³-hybridized carbons (Fsp3) is 0. The zero-order valence-electron chi connectivity index (χ0n) is 8.64. The number of aldehydes is 1. The fourth-order valence-electron chi connectivity index (χ4n) is 1.79. The van der Waals surface area contributed by atoms with Gasteiger partial charge >= 0.3 is 0 Å². The molecule has 0 atom stereocenters. The van der Waals surface area contributed by atoms with Gasteiger partial charge in [0.25, 0.3) is 0 Å². The lowest BCUT2D eigenvalue weighted by Crippen LogP contribution is -2.00. The summed E-state index contributed by atoms with van der Waals surface area (Å²) in [6.45, 7) is 3.72. The van der Waals surface area contributed by atoms with E-state index in [4.69, 9.17) is 0 Å². The Bertz CT molecular complexity index is 582. The van der Waals surface area contributed by atoms with Gasteiger partial charge in [-0.05, 0) is 16.3 Å². The Morgan fingerprint density at radius 2 is 1.75 bits per heavy atom. The van der Waals surface area contributed by atoms with Crippen LogP contribution >= 0.6 is 0 Å². The third kappa shape index (κ3) is 1.54. The van der Waals surface area contributed by atoms with E-state index < -0.39 is 5.78 Å². The maximum Gasteiger partial charge on any atom is 0.225 e. The Labute approximate surface area is 93.2 Å². The highest BCUT2D eigenvalue weighted by atomic mass is 16.2. The quantitative estimate of drug-likeness (QED) is 0.443. The molecule has 0 aliphatic rings. The van der Waals surface area contributed by atoms with E-state index in [1.165, 1.54) is 0 Å². The number of Topliss-reactive ketones (excluding diaryl/α,β-unsaturated/α-hetero) is 1. The average molecular weight is 210 g/mol. The van der Waals surface area contributed by atoms with Gasteiger partial charge in [-0.25, -0.2) is 0 Å². The molecule has 78 valence electrons. The van der Waals surface area contributed by atoms with Crippen LogP contribution in [0.15, 0.2) is 43.0 Å². The molecule has 0 N–H and O–H groups in total. The summed E-state index contributed by atoms with van der Waals surface area (Å²) >= 11 is 0. The van der Waals surface area contributed by atoms with Crippen LogP contribution in [0.5, 0.6) is 0 Å². The molecule has 2 rings (SSSR count). The third-order valence-corrected chi connectivity index (χ3v) is 2.55. The van der Waals surface area contributed by atoms with Gasteiger partial charge in [0.15, 0.2) is 6.29 Å². The minimum Gasteiger partial charge on any atom is -0.294 e. The Morgan fingerprint density at radius 3 is 2.44 bits per heavy atom. The third-order valence-electron chi connectivity index (χ3n) is 2.55. The van der Waals surface area contributed by atoms with E-state index in [0.717, 1.165) is 16.3 Å². The molecule has 16 heavy (non-hydrogen) atoms. The van der Waals surface area contributed by atoms with Crippen molar-refractivity contribution >= 4 is 28.9 Å². The first-order valence-corrected chi connectivity index (χ1v) is 4.91. The normalized spacial score (nSPS) is 10.0. The highest BCUT2D eigenvalue weighted by Gasteiger charge is 2.09. The van der Waals surface area contributed by atoms with Gasteiger partial charge in [0.1, 0.15) is 0 Å². The smallest absolute Gasteiger partial charge is 0.225 e. The van der Waals surface area contributed by atoms with E-state index in [1.807, 2.05) is 24.3 Å². The molecule has 2 heteroatoms. The predicted molar refractivity (Wildman–Crippen MR) is 64.4 cm³/mol. The molecule has 0 aliphatic carbocycles. The van der Waals surface area contributed by atoms with Crippen LogP contribution < -0.4 is 0 Å². The minimum atomic E-state index is -0.494. The average Bonchev–Trinajstić information content (AvgIpc) is 2.36. The minimum absolute atomic E-state index is 0.343. The SMILES string of the molecule is C=Cc1cccc2c(C(=O)C=O)cccc12. The summed E-state index contributed by atoms with van der Waals surface area (Å²) < 4.78 is 0. The van der Waals surface area contributed by atoms with Crippen molar-refractivity contribution in [2.75, 3.05) is 0 Å². The fourth-order valence-corrected chi connectivity index (χ4v) is 1.79. The second-order valence-corrected chi connectivity index (χ2v) is 3.43. The van der Waals surface area contributed by atoms with Crippen LogP contribution in [-0.4, -0.2) is 12.1 Å². The summed E-state index contributed by atoms with van der Waals surface area (Å²) in [6.07, 6.45) is 2.08. The number of hydrogen-bond donors (Lipinski definition) is 0. The monoisotopic (exact) mass is 210 g/mol. The van der Waals surface area contributed by atoms with Gasteiger partial charge in [-0.15, -0.1) is 0 Å². The van der Waals surface area contributed by atoms with Gasteiger partial charge in [0.2, 0.25) is 5.78 Å². The van der Waals surface area contributed by atoms with E-state index in [0.29, 0.717) is 11.8 Å². The Kier molecular flexibility index (Phi) is 2.64. The van der Waals surface area contributed by atoms with Crippen LogP contribution in [0.1, 0.15) is 15.9 Å². The Balaban J connectivity index is 2.83. The van der Waals surface area contributed by atoms with Crippen LogP contribution in [0.4, 0.5) is 0 Å². The standard InChI is InChI=1S/C14H10O2/c1-2-10-5-3-7-12-11(10)6-4-8-13(12)14(16)9-15/h2-9H,1H2. The predicted octanol–water partition coefficient (Wildman–Crippen LogP) is 2.86. The molecule has 0 heterocycles. The van der Waals surface area contributed by atoms with Crippen molar-refractivity contribution in [1.29, 1.82) is 0 Å². The number of carbonyl (C=O) groups is 2. The molecular weight excluding hydrogens is 200 g/mol. The van der Waals surface area contributed by atoms with Crippen LogP contribution in [0.2, 0.25) is 0 Å². The van der Waals surface area contributed by atoms with Crippen molar-refractivity contribution in [3.63, 3.8) is 0 Å². The van der Waals surface area contributed by atoms with Gasteiger partial charge in [0.05, 0.1) is 0 Å². The van der Waals surface area contributed by atoms with Crippen molar-refractivity contribution in [1.82, 2.24) is 0 Å². The summed E-state index contributed by atoms with van der Waals surface area (Å²) in [5, 5.41) is 1.72. The molecule has 0 aliphatic heterocycles. The maximum atomic E-state index is 11.4. The molecule has 0 saturated heterocycles. The molecule has 2 aromatic rings. The highest BCUT2D eigenvalue weighted by molar-refractivity contribution is 6.36. The maximum absolute atomic E-state index is 11.4. The number of fused-ring (bicyclic) bond motifs is 1. The summed E-state index contributed by atoms with van der Waals surface area (Å²) in [6, 6.07) is 10.9. The highest BCUT2D eigenvalue weighted by Crippen LogP contribution is 2.23. The lowest BCUT2D eigenvalue weighted by Gasteiger charge is -2.05. The summed E-state index contributed by atoms with van der Waals surface area (Å²) in [7, 11) is 0. The van der Waals surface area contributed by atoms with Crippen LogP contribution in [0.3, 0.4) is 0 Å². The first kappa shape index (κ1) is 10.3. The van der Waals surface area contributed by atoms with Gasteiger partial charge in [-0.2, -0.15) is 0 Å². The summed E-state index contributed by atoms with van der Waals surface area (Å²) in [5.41, 5.74) is 1.40. The lowest BCUT2D eigenvalue weighted by atomic mass is 9.98. The first-order valence-electron chi connectivity index (χ1n) is 4.91.